The Morgan fingerprint density at radius 2 is 1.42 bits per heavy atom. The van der Waals surface area contributed by atoms with Crippen molar-refractivity contribution < 1.29 is 54.6 Å². The maximum atomic E-state index is 12.1. The molecule has 0 fully saturated rings. The van der Waals surface area contributed by atoms with Gasteiger partial charge in [-0.05, 0) is 31.5 Å². The molecule has 12 heteroatoms. The minimum atomic E-state index is -2.27. The molecule has 0 spiro atoms. The summed E-state index contributed by atoms with van der Waals surface area (Å²) < 4.78 is 5.52. The third kappa shape index (κ3) is 9.43. The number of carbonyl (C=O) groups is 4. The van der Waals surface area contributed by atoms with E-state index in [0.29, 0.717) is 5.56 Å². The Hall–Kier alpha value is -3.22. The number of hydrogen-bond donors (Lipinski definition) is 7. The Morgan fingerprint density at radius 1 is 0.970 bits per heavy atom. The Balaban J connectivity index is 0.000000861. The average molecular weight is 473 g/mol. The van der Waals surface area contributed by atoms with Crippen LogP contribution in [-0.4, -0.2) is 78.2 Å². The second-order valence-corrected chi connectivity index (χ2v) is 8.64. The van der Waals surface area contributed by atoms with Crippen LogP contribution in [-0.2, 0) is 25.6 Å². The molecule has 0 aliphatic heterocycles. The molecule has 1 unspecified atom stereocenters. The van der Waals surface area contributed by atoms with Crippen molar-refractivity contribution in [2.75, 3.05) is 0 Å². The molecule has 0 aliphatic rings. The molecule has 0 aliphatic carbocycles. The molecule has 0 aromatic heterocycles. The fourth-order valence-corrected chi connectivity index (χ4v) is 2.40. The fraction of sp³-hybridized carbons (Fsp3) is 0.524. The largest absolute Gasteiger partial charge is 0.504 e. The predicted molar refractivity (Wildman–Crippen MR) is 114 cm³/mol. The summed E-state index contributed by atoms with van der Waals surface area (Å²) in [7, 11) is 0. The summed E-state index contributed by atoms with van der Waals surface area (Å²) in [6, 6.07) is 4.53. The molecular weight excluding hydrogens is 442 g/mol. The van der Waals surface area contributed by atoms with Crippen LogP contribution in [0.4, 0.5) is 0 Å². The molecule has 0 saturated carbocycles. The first-order valence-electron chi connectivity index (χ1n) is 9.68. The number of aliphatic carboxylic acids is 3. The number of carboxylic acids is 3. The standard InChI is InChI=1S/C17H25NO5.C4H6O6/c1-10(14(20)16(2,3)4)23-13-7-6-11(8-12(13)19)9-17(5,18)15(21)22;5-1(3(7)8)2(6)4(9)10/h6-8,10,19H,9,18H2,1-5H3,(H,21,22);1-2,5-6H,(H,7,8)(H,9,10)/t10-,17+;1-,2?/m11/s1. The normalized spacial score (nSPS) is 15.6. The number of aliphatic hydroxyl groups excluding tert-OH is 2. The molecule has 0 saturated heterocycles. The van der Waals surface area contributed by atoms with Gasteiger partial charge >= 0.3 is 17.9 Å². The van der Waals surface area contributed by atoms with Gasteiger partial charge in [0.1, 0.15) is 5.54 Å². The van der Waals surface area contributed by atoms with E-state index in [1.54, 1.807) is 33.8 Å². The molecular formula is C21H31NO11. The van der Waals surface area contributed by atoms with E-state index >= 15 is 0 Å². The smallest absolute Gasteiger partial charge is 0.335 e. The number of carbonyl (C=O) groups excluding carboxylic acids is 1. The molecule has 1 aromatic rings. The van der Waals surface area contributed by atoms with Crippen LogP contribution in [0.5, 0.6) is 11.5 Å². The zero-order valence-corrected chi connectivity index (χ0v) is 19.0. The lowest BCUT2D eigenvalue weighted by atomic mass is 9.88. The van der Waals surface area contributed by atoms with E-state index in [1.165, 1.54) is 19.1 Å². The molecule has 0 radical (unpaired) electrons. The van der Waals surface area contributed by atoms with Crippen LogP contribution < -0.4 is 10.5 Å². The Kier molecular flexibility index (Phi) is 10.5. The minimum absolute atomic E-state index is 0.0622. The van der Waals surface area contributed by atoms with Gasteiger partial charge in [0, 0.05) is 11.8 Å². The molecule has 0 amide bonds. The molecule has 1 rings (SSSR count). The number of carboxylic acid groups (broad SMARTS) is 3. The minimum Gasteiger partial charge on any atom is -0.504 e. The SMILES string of the molecule is C[C@@H](Oc1ccc(C[C@](C)(N)C(=O)O)cc1O)C(=O)C(C)(C)C.O=C(O)C(O)[C@@H](O)C(=O)O. The molecule has 0 bridgehead atoms. The van der Waals surface area contributed by atoms with Gasteiger partial charge in [0.05, 0.1) is 0 Å². The van der Waals surface area contributed by atoms with Gasteiger partial charge < -0.3 is 41.1 Å². The molecule has 33 heavy (non-hydrogen) atoms. The first-order chi connectivity index (χ1) is 14.8. The van der Waals surface area contributed by atoms with Crippen LogP contribution in [0.2, 0.25) is 0 Å². The summed E-state index contributed by atoms with van der Waals surface area (Å²) in [5.74, 6) is -4.72. The number of aromatic hydroxyl groups is 1. The van der Waals surface area contributed by atoms with E-state index in [0.717, 1.165) is 0 Å². The van der Waals surface area contributed by atoms with Crippen LogP contribution in [0.3, 0.4) is 0 Å². The highest BCUT2D eigenvalue weighted by molar-refractivity contribution is 5.87. The van der Waals surface area contributed by atoms with Crippen molar-refractivity contribution in [2.45, 2.75) is 64.9 Å². The average Bonchev–Trinajstić information content (AvgIpc) is 2.67. The maximum Gasteiger partial charge on any atom is 0.335 e. The van der Waals surface area contributed by atoms with Crippen LogP contribution in [0, 0.1) is 5.41 Å². The van der Waals surface area contributed by atoms with Crippen molar-refractivity contribution in [1.29, 1.82) is 0 Å². The third-order valence-corrected chi connectivity index (χ3v) is 4.30. The monoisotopic (exact) mass is 473 g/mol. The van der Waals surface area contributed by atoms with Crippen molar-refractivity contribution >= 4 is 23.7 Å². The van der Waals surface area contributed by atoms with Crippen molar-refractivity contribution in [3.63, 3.8) is 0 Å². The number of ether oxygens (including phenoxy) is 1. The highest BCUT2D eigenvalue weighted by Crippen LogP contribution is 2.30. The summed E-state index contributed by atoms with van der Waals surface area (Å²) in [4.78, 5) is 42.7. The van der Waals surface area contributed by atoms with Crippen molar-refractivity contribution in [1.82, 2.24) is 0 Å². The second kappa shape index (κ2) is 11.6. The Bertz CT molecular complexity index is 855. The number of hydrogen-bond acceptors (Lipinski definition) is 9. The topological polar surface area (TPSA) is 225 Å². The highest BCUT2D eigenvalue weighted by atomic mass is 16.5. The third-order valence-electron chi connectivity index (χ3n) is 4.30. The van der Waals surface area contributed by atoms with Gasteiger partial charge in [0.2, 0.25) is 0 Å². The van der Waals surface area contributed by atoms with Gasteiger partial charge in [-0.2, -0.15) is 0 Å². The number of aliphatic hydroxyl groups is 2. The van der Waals surface area contributed by atoms with Gasteiger partial charge in [-0.25, -0.2) is 9.59 Å². The maximum absolute atomic E-state index is 12.1. The van der Waals surface area contributed by atoms with Gasteiger partial charge in [-0.15, -0.1) is 0 Å². The summed E-state index contributed by atoms with van der Waals surface area (Å²) in [6.07, 6.45) is -5.17. The zero-order chi connectivity index (χ0) is 26.3. The number of rotatable bonds is 9. The summed E-state index contributed by atoms with van der Waals surface area (Å²) in [6.45, 7) is 8.42. The highest BCUT2D eigenvalue weighted by Gasteiger charge is 2.30. The van der Waals surface area contributed by atoms with E-state index in [-0.39, 0.29) is 23.7 Å². The number of phenols is 1. The first-order valence-corrected chi connectivity index (χ1v) is 9.68. The van der Waals surface area contributed by atoms with Gasteiger partial charge in [-0.1, -0.05) is 26.8 Å². The summed E-state index contributed by atoms with van der Waals surface area (Å²) in [5, 5.41) is 51.6. The zero-order valence-electron chi connectivity index (χ0n) is 19.0. The Morgan fingerprint density at radius 3 is 1.76 bits per heavy atom. The lowest BCUT2D eigenvalue weighted by Crippen LogP contribution is -2.46. The number of ketones is 1. The van der Waals surface area contributed by atoms with Crippen molar-refractivity contribution in [3.05, 3.63) is 23.8 Å². The molecule has 8 N–H and O–H groups in total. The fourth-order valence-electron chi connectivity index (χ4n) is 2.40. The van der Waals surface area contributed by atoms with Gasteiger partial charge in [0.15, 0.2) is 35.6 Å². The van der Waals surface area contributed by atoms with Crippen LogP contribution >= 0.6 is 0 Å². The van der Waals surface area contributed by atoms with Crippen molar-refractivity contribution in [3.8, 4) is 11.5 Å². The molecule has 4 atom stereocenters. The molecule has 0 heterocycles. The van der Waals surface area contributed by atoms with E-state index in [1.807, 2.05) is 0 Å². The van der Waals surface area contributed by atoms with Crippen LogP contribution in [0.25, 0.3) is 0 Å². The number of Topliss-reactive ketones (excluding diaryl/α,β-unsaturated/α-hetero) is 1. The number of phenolic OH excluding ortho intramolecular Hbond substituents is 1. The van der Waals surface area contributed by atoms with E-state index < -0.39 is 47.2 Å². The van der Waals surface area contributed by atoms with Crippen molar-refractivity contribution in [2.24, 2.45) is 11.1 Å². The Labute approximate surface area is 190 Å². The molecule has 186 valence electrons. The number of nitrogens with two attached hydrogens (primary N) is 1. The van der Waals surface area contributed by atoms with Gasteiger partial charge in [0.25, 0.3) is 0 Å². The van der Waals surface area contributed by atoms with Gasteiger partial charge in [-0.3, -0.25) is 9.59 Å². The second-order valence-electron chi connectivity index (χ2n) is 8.64. The molecule has 1 aromatic carbocycles. The quantitative estimate of drug-likeness (QED) is 0.251. The number of benzene rings is 1. The predicted octanol–water partition coefficient (Wildman–Crippen LogP) is -0.00340. The van der Waals surface area contributed by atoms with Crippen LogP contribution in [0.1, 0.15) is 40.2 Å². The van der Waals surface area contributed by atoms with E-state index in [4.69, 9.17) is 36.0 Å². The van der Waals surface area contributed by atoms with E-state index in [2.05, 4.69) is 0 Å². The van der Waals surface area contributed by atoms with E-state index in [9.17, 15) is 24.3 Å². The lowest BCUT2D eigenvalue weighted by Gasteiger charge is -2.23. The van der Waals surface area contributed by atoms with Crippen LogP contribution in [0.15, 0.2) is 18.2 Å². The lowest BCUT2D eigenvalue weighted by molar-refractivity contribution is -0.165. The molecule has 12 nitrogen and oxygen atoms in total. The summed E-state index contributed by atoms with van der Waals surface area (Å²) >= 11 is 0. The first kappa shape index (κ1) is 29.8. The summed E-state index contributed by atoms with van der Waals surface area (Å²) in [5.41, 5.74) is 4.29.